The van der Waals surface area contributed by atoms with Crippen molar-refractivity contribution in [2.24, 2.45) is 0 Å². The maximum atomic E-state index is 13.4. The fourth-order valence-corrected chi connectivity index (χ4v) is 4.46. The van der Waals surface area contributed by atoms with Crippen LogP contribution in [-0.4, -0.2) is 52.3 Å². The molecule has 0 bridgehead atoms. The van der Waals surface area contributed by atoms with Crippen LogP contribution in [0.5, 0.6) is 0 Å². The van der Waals surface area contributed by atoms with Crippen molar-refractivity contribution in [2.75, 3.05) is 19.6 Å². The Morgan fingerprint density at radius 2 is 2.03 bits per heavy atom. The number of aryl methyl sites for hydroxylation is 2. The Kier molecular flexibility index (Phi) is 6.44. The molecule has 0 saturated heterocycles. The van der Waals surface area contributed by atoms with E-state index in [1.165, 1.54) is 0 Å². The quantitative estimate of drug-likeness (QED) is 0.682. The highest BCUT2D eigenvalue weighted by Crippen LogP contribution is 2.37. The molecule has 2 N–H and O–H groups in total. The van der Waals surface area contributed by atoms with Crippen molar-refractivity contribution in [3.05, 3.63) is 76.2 Å². The average Bonchev–Trinajstić information content (AvgIpc) is 3.12. The molecule has 0 fully saturated rings. The molecule has 8 heteroatoms. The Morgan fingerprint density at radius 1 is 1.21 bits per heavy atom. The molecule has 33 heavy (non-hydrogen) atoms. The van der Waals surface area contributed by atoms with E-state index < -0.39 is 6.04 Å². The van der Waals surface area contributed by atoms with Crippen LogP contribution >= 0.6 is 0 Å². The molecule has 0 radical (unpaired) electrons. The molecule has 0 saturated carbocycles. The Morgan fingerprint density at radius 3 is 2.73 bits per heavy atom. The highest BCUT2D eigenvalue weighted by molar-refractivity contribution is 6.01. The molecule has 1 aromatic carbocycles. The number of aromatic nitrogens is 1. The molecule has 0 spiro atoms. The molecular formula is C25H29N5O3. The summed E-state index contributed by atoms with van der Waals surface area (Å²) in [7, 11) is 0. The number of hydrogen-bond donors (Lipinski definition) is 2. The largest absolute Gasteiger partial charge is 0.350 e. The van der Waals surface area contributed by atoms with Gasteiger partial charge in [-0.05, 0) is 44.0 Å². The minimum absolute atomic E-state index is 0.133. The number of likely N-dealkylation sites (N-methyl/N-ethyl adjacent to an activating group) is 1. The summed E-state index contributed by atoms with van der Waals surface area (Å²) in [6, 6.07) is 10.9. The molecule has 8 nitrogen and oxygen atoms in total. The normalized spacial score (nSPS) is 17.8. The van der Waals surface area contributed by atoms with E-state index in [1.54, 1.807) is 16.0 Å². The third-order valence-corrected chi connectivity index (χ3v) is 6.15. The monoisotopic (exact) mass is 447 g/mol. The van der Waals surface area contributed by atoms with Crippen LogP contribution in [0, 0.1) is 13.8 Å². The van der Waals surface area contributed by atoms with Crippen molar-refractivity contribution in [1.82, 2.24) is 25.4 Å². The number of pyridine rings is 1. The standard InChI is InChI=1S/C25H29N5O3/c1-4-30-20-15-29(12-10-21(31)27-14-18-7-5-6-11-26-18)24(32)22(20)23(28-25(30)33)19-9-8-16(2)13-17(19)3/h5-9,11,13,23H,4,10,12,14-15H2,1-3H3,(H,27,31)(H,28,33). The molecule has 3 heterocycles. The van der Waals surface area contributed by atoms with Gasteiger partial charge in [-0.15, -0.1) is 0 Å². The van der Waals surface area contributed by atoms with Gasteiger partial charge in [0.2, 0.25) is 5.91 Å². The van der Waals surface area contributed by atoms with Crippen molar-refractivity contribution >= 4 is 17.8 Å². The molecule has 2 aliphatic heterocycles. The summed E-state index contributed by atoms with van der Waals surface area (Å²) < 4.78 is 0. The fraction of sp³-hybridized carbons (Fsp3) is 0.360. The summed E-state index contributed by atoms with van der Waals surface area (Å²) in [6.45, 7) is 7.32. The van der Waals surface area contributed by atoms with Gasteiger partial charge < -0.3 is 15.5 Å². The Balaban J connectivity index is 1.48. The smallest absolute Gasteiger partial charge is 0.322 e. The zero-order chi connectivity index (χ0) is 23.5. The maximum absolute atomic E-state index is 13.4. The first kappa shape index (κ1) is 22.5. The van der Waals surface area contributed by atoms with Crippen molar-refractivity contribution in [1.29, 1.82) is 0 Å². The van der Waals surface area contributed by atoms with Crippen molar-refractivity contribution in [3.63, 3.8) is 0 Å². The minimum Gasteiger partial charge on any atom is -0.350 e. The van der Waals surface area contributed by atoms with Crippen LogP contribution in [0.25, 0.3) is 0 Å². The molecule has 2 aliphatic rings. The van der Waals surface area contributed by atoms with Crippen LogP contribution in [0.1, 0.15) is 41.8 Å². The summed E-state index contributed by atoms with van der Waals surface area (Å²) in [5.41, 5.74) is 5.17. The molecule has 0 aliphatic carbocycles. The van der Waals surface area contributed by atoms with E-state index in [0.29, 0.717) is 25.2 Å². The van der Waals surface area contributed by atoms with Gasteiger partial charge in [0.25, 0.3) is 5.91 Å². The number of rotatable bonds is 7. The van der Waals surface area contributed by atoms with E-state index in [9.17, 15) is 14.4 Å². The first-order valence-electron chi connectivity index (χ1n) is 11.2. The molecule has 4 rings (SSSR count). The van der Waals surface area contributed by atoms with Gasteiger partial charge in [-0.1, -0.05) is 29.8 Å². The molecule has 1 unspecified atom stereocenters. The van der Waals surface area contributed by atoms with Crippen LogP contribution in [0.4, 0.5) is 4.79 Å². The van der Waals surface area contributed by atoms with E-state index in [2.05, 4.69) is 21.7 Å². The lowest BCUT2D eigenvalue weighted by atomic mass is 9.91. The summed E-state index contributed by atoms with van der Waals surface area (Å²) in [4.78, 5) is 46.1. The van der Waals surface area contributed by atoms with Gasteiger partial charge in [-0.25, -0.2) is 4.79 Å². The number of carbonyl (C=O) groups excluding carboxylic acids is 3. The lowest BCUT2D eigenvalue weighted by Crippen LogP contribution is -2.47. The predicted molar refractivity (Wildman–Crippen MR) is 124 cm³/mol. The highest BCUT2D eigenvalue weighted by Gasteiger charge is 2.43. The second-order valence-electron chi connectivity index (χ2n) is 8.42. The van der Waals surface area contributed by atoms with Crippen LogP contribution in [-0.2, 0) is 16.1 Å². The predicted octanol–water partition coefficient (Wildman–Crippen LogP) is 2.59. The number of nitrogens with zero attached hydrogens (tertiary/aromatic N) is 3. The molecule has 172 valence electrons. The van der Waals surface area contributed by atoms with Gasteiger partial charge in [-0.3, -0.25) is 19.5 Å². The van der Waals surface area contributed by atoms with Crippen molar-refractivity contribution < 1.29 is 14.4 Å². The van der Waals surface area contributed by atoms with Gasteiger partial charge in [0, 0.05) is 25.7 Å². The lowest BCUT2D eigenvalue weighted by molar-refractivity contribution is -0.127. The highest BCUT2D eigenvalue weighted by atomic mass is 16.2. The minimum atomic E-state index is -0.494. The molecule has 2 aromatic rings. The third kappa shape index (κ3) is 4.60. The number of amides is 4. The van der Waals surface area contributed by atoms with Gasteiger partial charge >= 0.3 is 6.03 Å². The van der Waals surface area contributed by atoms with Crippen LogP contribution in [0.15, 0.2) is 53.9 Å². The topological polar surface area (TPSA) is 94.6 Å². The Labute approximate surface area is 193 Å². The second kappa shape index (κ2) is 9.44. The lowest BCUT2D eigenvalue weighted by Gasteiger charge is -2.33. The summed E-state index contributed by atoms with van der Waals surface area (Å²) in [5, 5.41) is 5.86. The number of hydrogen-bond acceptors (Lipinski definition) is 4. The molecule has 1 atom stereocenters. The SMILES string of the molecule is CCN1C(=O)NC(c2ccc(C)cc2C)C2=C1CN(CCC(=O)NCc1ccccn1)C2=O. The first-order valence-corrected chi connectivity index (χ1v) is 11.2. The van der Waals surface area contributed by atoms with Crippen LogP contribution < -0.4 is 10.6 Å². The summed E-state index contributed by atoms with van der Waals surface area (Å²) in [6.07, 6.45) is 1.86. The summed E-state index contributed by atoms with van der Waals surface area (Å²) in [5.74, 6) is -0.281. The van der Waals surface area contributed by atoms with E-state index in [4.69, 9.17) is 0 Å². The fourth-order valence-electron chi connectivity index (χ4n) is 4.46. The van der Waals surface area contributed by atoms with Crippen LogP contribution in [0.2, 0.25) is 0 Å². The molecule has 1 aromatic heterocycles. The van der Waals surface area contributed by atoms with E-state index in [-0.39, 0.29) is 30.8 Å². The number of carbonyl (C=O) groups is 3. The number of nitrogens with one attached hydrogen (secondary N) is 2. The zero-order valence-corrected chi connectivity index (χ0v) is 19.2. The van der Waals surface area contributed by atoms with E-state index in [0.717, 1.165) is 28.1 Å². The Bertz CT molecular complexity index is 1110. The second-order valence-corrected chi connectivity index (χ2v) is 8.42. The van der Waals surface area contributed by atoms with Gasteiger partial charge in [-0.2, -0.15) is 0 Å². The molecular weight excluding hydrogens is 418 g/mol. The zero-order valence-electron chi connectivity index (χ0n) is 19.2. The van der Waals surface area contributed by atoms with E-state index >= 15 is 0 Å². The van der Waals surface area contributed by atoms with Gasteiger partial charge in [0.15, 0.2) is 0 Å². The number of benzene rings is 1. The van der Waals surface area contributed by atoms with Crippen LogP contribution in [0.3, 0.4) is 0 Å². The van der Waals surface area contributed by atoms with Crippen molar-refractivity contribution in [3.8, 4) is 0 Å². The molecule has 4 amide bonds. The first-order chi connectivity index (χ1) is 15.9. The average molecular weight is 448 g/mol. The van der Waals surface area contributed by atoms with E-state index in [1.807, 2.05) is 51.1 Å². The number of urea groups is 1. The van der Waals surface area contributed by atoms with Gasteiger partial charge in [0.1, 0.15) is 0 Å². The Hall–Kier alpha value is -3.68. The van der Waals surface area contributed by atoms with Crippen molar-refractivity contribution in [2.45, 2.75) is 39.8 Å². The maximum Gasteiger partial charge on any atom is 0.322 e. The van der Waals surface area contributed by atoms with Gasteiger partial charge in [0.05, 0.1) is 36.1 Å². The summed E-state index contributed by atoms with van der Waals surface area (Å²) >= 11 is 0. The third-order valence-electron chi connectivity index (χ3n) is 6.15.